The molecule has 28 heavy (non-hydrogen) atoms. The molecule has 150 valence electrons. The number of rotatable bonds is 5. The van der Waals surface area contributed by atoms with Crippen LogP contribution in [0.3, 0.4) is 0 Å². The number of benzene rings is 1. The second kappa shape index (κ2) is 7.55. The van der Waals surface area contributed by atoms with Crippen LogP contribution in [0.4, 0.5) is 16.2 Å². The molecular formula is C17H19ClN4O6. The summed E-state index contributed by atoms with van der Waals surface area (Å²) in [6, 6.07) is 0.875. The van der Waals surface area contributed by atoms with Gasteiger partial charge in [0.05, 0.1) is 15.6 Å². The van der Waals surface area contributed by atoms with Gasteiger partial charge in [0, 0.05) is 24.6 Å². The summed E-state index contributed by atoms with van der Waals surface area (Å²) >= 11 is 5.98. The van der Waals surface area contributed by atoms with Crippen molar-refractivity contribution in [1.29, 1.82) is 0 Å². The number of nitro groups is 1. The number of nitrogens with zero attached hydrogens (tertiary/aromatic N) is 3. The standard InChI is InChI=1S/C17H19ClN4O6/c1-17(2,3)14(24)13(21-12(23)8-20(4)16(21)26)15(25)19-11-7-9(22(27)28)5-6-10(11)18/h5-7,13H,8H2,1-4H3,(H,19,25). The minimum atomic E-state index is -1.74. The van der Waals surface area contributed by atoms with Gasteiger partial charge in [0.2, 0.25) is 0 Å². The Kier molecular flexibility index (Phi) is 5.74. The number of amides is 4. The maximum atomic E-state index is 12.9. The molecule has 1 unspecified atom stereocenters. The molecule has 0 bridgehead atoms. The van der Waals surface area contributed by atoms with E-state index < -0.39 is 40.0 Å². The topological polar surface area (TPSA) is 130 Å². The second-order valence-corrected chi connectivity index (χ2v) is 7.74. The van der Waals surface area contributed by atoms with Crippen LogP contribution < -0.4 is 5.32 Å². The first-order valence-electron chi connectivity index (χ1n) is 8.21. The lowest BCUT2D eigenvalue weighted by Crippen LogP contribution is -2.55. The van der Waals surface area contributed by atoms with Gasteiger partial charge in [-0.2, -0.15) is 0 Å². The van der Waals surface area contributed by atoms with Gasteiger partial charge in [-0.05, 0) is 6.07 Å². The van der Waals surface area contributed by atoms with E-state index in [1.165, 1.54) is 13.1 Å². The average molecular weight is 411 g/mol. The summed E-state index contributed by atoms with van der Waals surface area (Å²) in [6.45, 7) is 4.37. The van der Waals surface area contributed by atoms with Crippen LogP contribution in [0.15, 0.2) is 18.2 Å². The molecule has 1 atom stereocenters. The molecule has 10 nitrogen and oxygen atoms in total. The van der Waals surface area contributed by atoms with Crippen LogP contribution in [0.5, 0.6) is 0 Å². The van der Waals surface area contributed by atoms with E-state index in [0.29, 0.717) is 4.90 Å². The number of hydrogen-bond donors (Lipinski definition) is 1. The molecule has 0 aromatic heterocycles. The molecule has 1 aromatic carbocycles. The zero-order valence-electron chi connectivity index (χ0n) is 15.7. The third-order valence-corrected chi connectivity index (χ3v) is 4.42. The van der Waals surface area contributed by atoms with Crippen LogP contribution in [-0.4, -0.2) is 58.0 Å². The maximum absolute atomic E-state index is 12.9. The third-order valence-electron chi connectivity index (χ3n) is 4.09. The molecule has 1 aliphatic rings. The summed E-state index contributed by atoms with van der Waals surface area (Å²) in [7, 11) is 1.37. The van der Waals surface area contributed by atoms with Crippen molar-refractivity contribution in [3.05, 3.63) is 33.3 Å². The van der Waals surface area contributed by atoms with Gasteiger partial charge in [-0.3, -0.25) is 24.5 Å². The number of anilines is 1. The largest absolute Gasteiger partial charge is 0.328 e. The fourth-order valence-corrected chi connectivity index (χ4v) is 2.74. The molecule has 2 rings (SSSR count). The molecule has 11 heteroatoms. The van der Waals surface area contributed by atoms with E-state index in [-0.39, 0.29) is 22.9 Å². The molecular weight excluding hydrogens is 392 g/mol. The van der Waals surface area contributed by atoms with Crippen LogP contribution in [0.2, 0.25) is 5.02 Å². The van der Waals surface area contributed by atoms with Crippen molar-refractivity contribution in [2.75, 3.05) is 18.9 Å². The van der Waals surface area contributed by atoms with Crippen molar-refractivity contribution < 1.29 is 24.1 Å². The minimum absolute atomic E-state index is 0.00268. The number of Topliss-reactive ketones (excluding diaryl/α,β-unsaturated/α-hetero) is 1. The molecule has 1 heterocycles. The fourth-order valence-electron chi connectivity index (χ4n) is 2.58. The highest BCUT2D eigenvalue weighted by molar-refractivity contribution is 6.34. The Bertz CT molecular complexity index is 879. The van der Waals surface area contributed by atoms with Crippen LogP contribution in [0, 0.1) is 15.5 Å². The van der Waals surface area contributed by atoms with Gasteiger partial charge in [0.1, 0.15) is 6.54 Å². The lowest BCUT2D eigenvalue weighted by atomic mass is 9.85. The first-order chi connectivity index (χ1) is 12.8. The summed E-state index contributed by atoms with van der Waals surface area (Å²) in [5.74, 6) is -2.35. The molecule has 0 radical (unpaired) electrons. The Balaban J connectivity index is 2.44. The first-order valence-corrected chi connectivity index (χ1v) is 8.58. The number of non-ortho nitro benzene ring substituents is 1. The molecule has 1 N–H and O–H groups in total. The molecule has 1 aromatic rings. The van der Waals surface area contributed by atoms with Gasteiger partial charge in [-0.15, -0.1) is 0 Å². The van der Waals surface area contributed by atoms with Gasteiger partial charge in [0.15, 0.2) is 11.8 Å². The smallest absolute Gasteiger partial charge is 0.322 e. The van der Waals surface area contributed by atoms with E-state index in [2.05, 4.69) is 5.32 Å². The van der Waals surface area contributed by atoms with Crippen molar-refractivity contribution in [2.24, 2.45) is 5.41 Å². The predicted molar refractivity (Wildman–Crippen MR) is 99.9 cm³/mol. The number of ketones is 1. The summed E-state index contributed by atoms with van der Waals surface area (Å²) in [5.41, 5.74) is -1.48. The SMILES string of the molecule is CN1CC(=O)N(C(C(=O)Nc2cc([N+](=O)[O-])ccc2Cl)C(=O)C(C)(C)C)C1=O. The van der Waals surface area contributed by atoms with E-state index in [9.17, 15) is 29.3 Å². The quantitative estimate of drug-likeness (QED) is 0.342. The highest BCUT2D eigenvalue weighted by atomic mass is 35.5. The van der Waals surface area contributed by atoms with Gasteiger partial charge in [-0.1, -0.05) is 32.4 Å². The third kappa shape index (κ3) is 4.11. The Morgan fingerprint density at radius 1 is 1.29 bits per heavy atom. The van der Waals surface area contributed by atoms with Gasteiger partial charge in [-0.25, -0.2) is 9.69 Å². The van der Waals surface area contributed by atoms with Gasteiger partial charge < -0.3 is 10.2 Å². The number of imide groups is 1. The molecule has 0 spiro atoms. The second-order valence-electron chi connectivity index (χ2n) is 7.33. The van der Waals surface area contributed by atoms with Crippen molar-refractivity contribution >= 4 is 46.6 Å². The molecule has 1 aliphatic heterocycles. The Morgan fingerprint density at radius 2 is 1.89 bits per heavy atom. The van der Waals surface area contributed by atoms with Crippen molar-refractivity contribution in [1.82, 2.24) is 9.80 Å². The first kappa shape index (κ1) is 21.3. The summed E-state index contributed by atoms with van der Waals surface area (Å²) in [5, 5.41) is 13.3. The zero-order chi connectivity index (χ0) is 21.4. The monoisotopic (exact) mass is 410 g/mol. The van der Waals surface area contributed by atoms with Gasteiger partial charge in [0.25, 0.3) is 17.5 Å². The van der Waals surface area contributed by atoms with Crippen molar-refractivity contribution in [3.63, 3.8) is 0 Å². The minimum Gasteiger partial charge on any atom is -0.322 e. The van der Waals surface area contributed by atoms with Crippen LogP contribution >= 0.6 is 11.6 Å². The van der Waals surface area contributed by atoms with E-state index in [0.717, 1.165) is 17.0 Å². The van der Waals surface area contributed by atoms with E-state index in [1.54, 1.807) is 20.8 Å². The van der Waals surface area contributed by atoms with Crippen LogP contribution in [0.25, 0.3) is 0 Å². The number of hydrogen-bond acceptors (Lipinski definition) is 6. The van der Waals surface area contributed by atoms with Crippen molar-refractivity contribution in [3.8, 4) is 0 Å². The molecule has 0 saturated carbocycles. The molecule has 1 fully saturated rings. The highest BCUT2D eigenvalue weighted by Crippen LogP contribution is 2.29. The number of carbonyl (C=O) groups is 4. The van der Waals surface area contributed by atoms with E-state index in [4.69, 9.17) is 11.6 Å². The lowest BCUT2D eigenvalue weighted by Gasteiger charge is -2.29. The summed E-state index contributed by atoms with van der Waals surface area (Å²) in [6.07, 6.45) is 0. The molecule has 0 aliphatic carbocycles. The molecule has 1 saturated heterocycles. The van der Waals surface area contributed by atoms with Crippen LogP contribution in [-0.2, 0) is 14.4 Å². The number of likely N-dealkylation sites (N-methyl/N-ethyl adjacent to an activating group) is 1. The number of halogens is 1. The molecule has 4 amide bonds. The zero-order valence-corrected chi connectivity index (χ0v) is 16.4. The van der Waals surface area contributed by atoms with E-state index >= 15 is 0 Å². The van der Waals surface area contributed by atoms with Gasteiger partial charge >= 0.3 is 6.03 Å². The summed E-state index contributed by atoms with van der Waals surface area (Å²) in [4.78, 5) is 62.3. The predicted octanol–water partition coefficient (Wildman–Crippen LogP) is 2.06. The summed E-state index contributed by atoms with van der Waals surface area (Å²) < 4.78 is 0. The number of nitrogens with one attached hydrogen (secondary N) is 1. The number of carbonyl (C=O) groups excluding carboxylic acids is 4. The number of nitro benzene ring substituents is 1. The Morgan fingerprint density at radius 3 is 2.36 bits per heavy atom. The van der Waals surface area contributed by atoms with E-state index in [1.807, 2.05) is 0 Å². The maximum Gasteiger partial charge on any atom is 0.328 e. The average Bonchev–Trinajstić information content (AvgIpc) is 2.82. The van der Waals surface area contributed by atoms with Crippen LogP contribution in [0.1, 0.15) is 20.8 Å². The number of urea groups is 1. The normalized spacial score (nSPS) is 15.6. The van der Waals surface area contributed by atoms with Crippen molar-refractivity contribution in [2.45, 2.75) is 26.8 Å². The Hall–Kier alpha value is -3.01. The fraction of sp³-hybridized carbons (Fsp3) is 0.412. The highest BCUT2D eigenvalue weighted by Gasteiger charge is 2.48. The Labute approximate surface area is 165 Å². The lowest BCUT2D eigenvalue weighted by molar-refractivity contribution is -0.384.